The molecule has 2 aromatic carbocycles. The maximum atomic E-state index is 12.1. The summed E-state index contributed by atoms with van der Waals surface area (Å²) in [6, 6.07) is 14.9. The van der Waals surface area contributed by atoms with Gasteiger partial charge in [-0.25, -0.2) is 4.79 Å². The molecule has 1 heterocycles. The van der Waals surface area contributed by atoms with Crippen LogP contribution < -0.4 is 10.6 Å². The third-order valence-electron chi connectivity index (χ3n) is 3.98. The summed E-state index contributed by atoms with van der Waals surface area (Å²) in [5.74, 6) is -0.236. The Kier molecular flexibility index (Phi) is 7.20. The Bertz CT molecular complexity index is 989. The molecule has 7 nitrogen and oxygen atoms in total. The fourth-order valence-electron chi connectivity index (χ4n) is 2.40. The summed E-state index contributed by atoms with van der Waals surface area (Å²) in [4.78, 5) is 23.5. The zero-order valence-electron chi connectivity index (χ0n) is 16.0. The number of ether oxygens (including phenoxy) is 1. The summed E-state index contributed by atoms with van der Waals surface area (Å²) < 4.78 is 5.38. The molecule has 9 heteroatoms. The molecule has 1 amide bonds. The second-order valence-electron chi connectivity index (χ2n) is 6.07. The molecule has 29 heavy (non-hydrogen) atoms. The van der Waals surface area contributed by atoms with Gasteiger partial charge in [0.15, 0.2) is 4.34 Å². The van der Waals surface area contributed by atoms with Crippen LogP contribution in [0.1, 0.15) is 21.5 Å². The first kappa shape index (κ1) is 20.8. The maximum Gasteiger partial charge on any atom is 0.337 e. The van der Waals surface area contributed by atoms with Crippen molar-refractivity contribution in [3.8, 4) is 0 Å². The minimum absolute atomic E-state index is 0.101. The van der Waals surface area contributed by atoms with Gasteiger partial charge in [-0.05, 0) is 36.2 Å². The van der Waals surface area contributed by atoms with E-state index in [4.69, 9.17) is 0 Å². The molecule has 0 atom stereocenters. The molecule has 0 unspecified atom stereocenters. The van der Waals surface area contributed by atoms with Gasteiger partial charge in [-0.15, -0.1) is 10.2 Å². The molecule has 3 rings (SSSR count). The van der Waals surface area contributed by atoms with Crippen LogP contribution in [-0.4, -0.2) is 34.9 Å². The van der Waals surface area contributed by atoms with Gasteiger partial charge >= 0.3 is 5.97 Å². The van der Waals surface area contributed by atoms with E-state index in [0.29, 0.717) is 17.2 Å². The molecule has 3 aromatic rings. The number of aryl methyl sites for hydroxylation is 1. The number of methoxy groups -OCH3 is 1. The van der Waals surface area contributed by atoms with Gasteiger partial charge in [0.2, 0.25) is 11.0 Å². The lowest BCUT2D eigenvalue weighted by molar-refractivity contribution is -0.118. The molecule has 0 saturated carbocycles. The Balaban J connectivity index is 1.44. The van der Waals surface area contributed by atoms with Crippen molar-refractivity contribution >= 4 is 45.8 Å². The monoisotopic (exact) mass is 428 g/mol. The number of aromatic nitrogens is 2. The highest BCUT2D eigenvalue weighted by Crippen LogP contribution is 2.28. The van der Waals surface area contributed by atoms with Gasteiger partial charge in [-0.2, -0.15) is 0 Å². The fraction of sp³-hybridized carbons (Fsp3) is 0.200. The van der Waals surface area contributed by atoms with Gasteiger partial charge < -0.3 is 15.4 Å². The van der Waals surface area contributed by atoms with E-state index in [1.165, 1.54) is 30.2 Å². The number of amides is 1. The predicted octanol–water partition coefficient (Wildman–Crippen LogP) is 3.79. The van der Waals surface area contributed by atoms with E-state index in [1.54, 1.807) is 24.3 Å². The number of esters is 1. The summed E-state index contributed by atoms with van der Waals surface area (Å²) in [6.45, 7) is 2.41. The van der Waals surface area contributed by atoms with Crippen molar-refractivity contribution in [2.75, 3.05) is 18.2 Å². The highest BCUT2D eigenvalue weighted by atomic mass is 32.2. The standard InChI is InChI=1S/C20H20N4O3S2/c1-13-5-3-4-6-16(13)22-19-23-24-20(29-19)28-12-17(25)21-11-14-7-9-15(10-8-14)18(26)27-2/h3-10H,11-12H2,1-2H3,(H,21,25)(H,22,23). The summed E-state index contributed by atoms with van der Waals surface area (Å²) >= 11 is 2.75. The van der Waals surface area contributed by atoms with Crippen molar-refractivity contribution in [3.05, 3.63) is 65.2 Å². The SMILES string of the molecule is COC(=O)c1ccc(CNC(=O)CSc2nnc(Nc3ccccc3C)s2)cc1. The summed E-state index contributed by atoms with van der Waals surface area (Å²) in [6.07, 6.45) is 0. The number of hydrogen-bond donors (Lipinski definition) is 2. The molecule has 0 bridgehead atoms. The van der Waals surface area contributed by atoms with Gasteiger partial charge in [0.05, 0.1) is 18.4 Å². The first-order chi connectivity index (χ1) is 14.0. The lowest BCUT2D eigenvalue weighted by Crippen LogP contribution is -2.24. The number of anilines is 2. The molecule has 0 radical (unpaired) electrons. The Labute approximate surface area is 176 Å². The molecular formula is C20H20N4O3S2. The summed E-state index contributed by atoms with van der Waals surface area (Å²) in [7, 11) is 1.34. The lowest BCUT2D eigenvalue weighted by atomic mass is 10.1. The van der Waals surface area contributed by atoms with Crippen LogP contribution in [0.3, 0.4) is 0 Å². The first-order valence-electron chi connectivity index (χ1n) is 8.78. The van der Waals surface area contributed by atoms with Crippen molar-refractivity contribution in [2.45, 2.75) is 17.8 Å². The number of nitrogens with zero attached hydrogens (tertiary/aromatic N) is 2. The van der Waals surface area contributed by atoms with Crippen LogP contribution >= 0.6 is 23.1 Å². The summed E-state index contributed by atoms with van der Waals surface area (Å²) in [5, 5.41) is 15.0. The number of carbonyl (C=O) groups is 2. The highest BCUT2D eigenvalue weighted by molar-refractivity contribution is 8.01. The number of thioether (sulfide) groups is 1. The zero-order chi connectivity index (χ0) is 20.6. The number of hydrogen-bond acceptors (Lipinski definition) is 8. The second kappa shape index (κ2) is 10.0. The third-order valence-corrected chi connectivity index (χ3v) is 5.96. The van der Waals surface area contributed by atoms with E-state index >= 15 is 0 Å². The average molecular weight is 429 g/mol. The number of nitrogens with one attached hydrogen (secondary N) is 2. The van der Waals surface area contributed by atoms with Gasteiger partial charge in [0.25, 0.3) is 0 Å². The Morgan fingerprint density at radius 2 is 1.86 bits per heavy atom. The Hall–Kier alpha value is -2.91. The van der Waals surface area contributed by atoms with Crippen LogP contribution in [0.15, 0.2) is 52.9 Å². The quantitative estimate of drug-likeness (QED) is 0.416. The smallest absolute Gasteiger partial charge is 0.337 e. The zero-order valence-corrected chi connectivity index (χ0v) is 17.6. The minimum atomic E-state index is -0.384. The molecule has 0 spiro atoms. The molecular weight excluding hydrogens is 408 g/mol. The van der Waals surface area contributed by atoms with Gasteiger partial charge in [0, 0.05) is 12.2 Å². The molecule has 2 N–H and O–H groups in total. The van der Waals surface area contributed by atoms with Crippen LogP contribution in [0.2, 0.25) is 0 Å². The fourth-order valence-corrected chi connectivity index (χ4v) is 4.00. The van der Waals surface area contributed by atoms with Crippen LogP contribution in [-0.2, 0) is 16.1 Å². The molecule has 0 aliphatic carbocycles. The van der Waals surface area contributed by atoms with Crippen LogP contribution in [0.25, 0.3) is 0 Å². The first-order valence-corrected chi connectivity index (χ1v) is 10.6. The molecule has 0 saturated heterocycles. The minimum Gasteiger partial charge on any atom is -0.465 e. The van der Waals surface area contributed by atoms with Crippen LogP contribution in [0.4, 0.5) is 10.8 Å². The number of benzene rings is 2. The van der Waals surface area contributed by atoms with E-state index in [0.717, 1.165) is 21.2 Å². The van der Waals surface area contributed by atoms with E-state index in [-0.39, 0.29) is 17.6 Å². The number of carbonyl (C=O) groups excluding carboxylic acids is 2. The van der Waals surface area contributed by atoms with Crippen molar-refractivity contribution in [2.24, 2.45) is 0 Å². The second-order valence-corrected chi connectivity index (χ2v) is 8.27. The summed E-state index contributed by atoms with van der Waals surface area (Å²) in [5.41, 5.74) is 3.48. The normalized spacial score (nSPS) is 10.4. The van der Waals surface area contributed by atoms with Crippen LogP contribution in [0, 0.1) is 6.92 Å². The Morgan fingerprint density at radius 3 is 2.59 bits per heavy atom. The third kappa shape index (κ3) is 6.03. The van der Waals surface area contributed by atoms with E-state index in [9.17, 15) is 9.59 Å². The molecule has 0 aliphatic heterocycles. The largest absolute Gasteiger partial charge is 0.465 e. The van der Waals surface area contributed by atoms with E-state index < -0.39 is 0 Å². The topological polar surface area (TPSA) is 93.2 Å². The molecule has 150 valence electrons. The number of rotatable bonds is 8. The average Bonchev–Trinajstić information content (AvgIpc) is 3.19. The van der Waals surface area contributed by atoms with Crippen molar-refractivity contribution in [1.82, 2.24) is 15.5 Å². The molecule has 0 aliphatic rings. The van der Waals surface area contributed by atoms with Crippen LogP contribution in [0.5, 0.6) is 0 Å². The van der Waals surface area contributed by atoms with E-state index in [2.05, 4.69) is 25.6 Å². The molecule has 1 aromatic heterocycles. The van der Waals surface area contributed by atoms with Gasteiger partial charge in [-0.3, -0.25) is 4.79 Å². The predicted molar refractivity (Wildman–Crippen MR) is 115 cm³/mol. The van der Waals surface area contributed by atoms with Gasteiger partial charge in [-0.1, -0.05) is 53.4 Å². The van der Waals surface area contributed by atoms with Crippen molar-refractivity contribution < 1.29 is 14.3 Å². The van der Waals surface area contributed by atoms with Gasteiger partial charge in [0.1, 0.15) is 0 Å². The highest BCUT2D eigenvalue weighted by Gasteiger charge is 2.10. The Morgan fingerprint density at radius 1 is 1.10 bits per heavy atom. The van der Waals surface area contributed by atoms with E-state index in [1.807, 2.05) is 31.2 Å². The number of para-hydroxylation sites is 1. The molecule has 0 fully saturated rings. The lowest BCUT2D eigenvalue weighted by Gasteiger charge is -2.05. The van der Waals surface area contributed by atoms with Crippen molar-refractivity contribution in [3.63, 3.8) is 0 Å². The van der Waals surface area contributed by atoms with Crippen molar-refractivity contribution in [1.29, 1.82) is 0 Å². The maximum absolute atomic E-state index is 12.1.